The molecule has 1 aromatic heterocycles. The molecule has 1 N–H and O–H groups in total. The highest BCUT2D eigenvalue weighted by molar-refractivity contribution is 5.54. The highest BCUT2D eigenvalue weighted by atomic mass is 19.3. The molecule has 10 heteroatoms. The average molecular weight is 456 g/mol. The largest absolute Gasteiger partial charge is 0.381 e. The Bertz CT molecular complexity index is 929. The van der Waals surface area contributed by atoms with Crippen LogP contribution in [-0.4, -0.2) is 42.2 Å². The van der Waals surface area contributed by atoms with E-state index in [4.69, 9.17) is 4.74 Å². The third kappa shape index (κ3) is 4.95. The molecule has 2 fully saturated rings. The molecule has 0 amide bonds. The molecule has 1 unspecified atom stereocenters. The molecule has 2 aliphatic rings. The van der Waals surface area contributed by atoms with E-state index in [1.165, 1.54) is 29.2 Å². The van der Waals surface area contributed by atoms with Gasteiger partial charge in [0.05, 0.1) is 12.6 Å². The molecule has 4 rings (SSSR count). The fourth-order valence-electron chi connectivity index (χ4n) is 4.21. The van der Waals surface area contributed by atoms with Gasteiger partial charge in [0.15, 0.2) is 11.6 Å². The van der Waals surface area contributed by atoms with Gasteiger partial charge in [0.1, 0.15) is 6.33 Å². The van der Waals surface area contributed by atoms with Crippen molar-refractivity contribution in [1.82, 2.24) is 9.97 Å². The van der Waals surface area contributed by atoms with E-state index in [0.717, 1.165) is 26.1 Å². The first-order chi connectivity index (χ1) is 15.1. The van der Waals surface area contributed by atoms with Crippen LogP contribution in [0.4, 0.5) is 33.6 Å². The first-order valence-electron chi connectivity index (χ1n) is 10.6. The molecule has 0 saturated carbocycles. The van der Waals surface area contributed by atoms with Crippen molar-refractivity contribution >= 4 is 11.6 Å². The monoisotopic (exact) mass is 456 g/mol. The Morgan fingerprint density at radius 3 is 2.50 bits per heavy atom. The van der Waals surface area contributed by atoms with E-state index >= 15 is 4.39 Å². The lowest BCUT2D eigenvalue weighted by Crippen LogP contribution is -2.29. The highest BCUT2D eigenvalue weighted by Crippen LogP contribution is 2.44. The van der Waals surface area contributed by atoms with E-state index in [9.17, 15) is 17.6 Å². The Morgan fingerprint density at radius 1 is 1.16 bits per heavy atom. The first-order valence-corrected chi connectivity index (χ1v) is 10.6. The summed E-state index contributed by atoms with van der Waals surface area (Å²) < 4.78 is 76.3. The molecule has 174 valence electrons. The average Bonchev–Trinajstić information content (AvgIpc) is 3.08. The van der Waals surface area contributed by atoms with E-state index in [1.54, 1.807) is 0 Å². The Kier molecular flexibility index (Phi) is 6.24. The maximum atomic E-state index is 15.2. The molecule has 5 nitrogen and oxygen atoms in total. The van der Waals surface area contributed by atoms with Crippen LogP contribution in [0.25, 0.3) is 0 Å². The summed E-state index contributed by atoms with van der Waals surface area (Å²) in [5.41, 5.74) is 0.176. The van der Waals surface area contributed by atoms with Crippen molar-refractivity contribution in [2.45, 2.75) is 44.1 Å². The molecular formula is C22H25F5N4O. The zero-order valence-electron chi connectivity index (χ0n) is 17.6. The summed E-state index contributed by atoms with van der Waals surface area (Å²) >= 11 is 0. The van der Waals surface area contributed by atoms with Crippen molar-refractivity contribution in [3.63, 3.8) is 0 Å². The molecule has 0 bridgehead atoms. The third-order valence-electron chi connectivity index (χ3n) is 6.01. The van der Waals surface area contributed by atoms with Gasteiger partial charge in [-0.05, 0) is 24.3 Å². The van der Waals surface area contributed by atoms with Gasteiger partial charge in [-0.25, -0.2) is 27.5 Å². The maximum absolute atomic E-state index is 15.2. The summed E-state index contributed by atoms with van der Waals surface area (Å²) in [4.78, 5) is 9.07. The maximum Gasteiger partial charge on any atom is 0.270 e. The van der Waals surface area contributed by atoms with Gasteiger partial charge in [-0.1, -0.05) is 24.3 Å². The minimum Gasteiger partial charge on any atom is -0.381 e. The predicted octanol–water partition coefficient (Wildman–Crippen LogP) is 5.15. The van der Waals surface area contributed by atoms with Gasteiger partial charge < -0.3 is 15.0 Å². The highest BCUT2D eigenvalue weighted by Gasteiger charge is 2.47. The molecule has 2 aliphatic heterocycles. The van der Waals surface area contributed by atoms with E-state index in [0.29, 0.717) is 31.2 Å². The van der Waals surface area contributed by atoms with Crippen LogP contribution in [0.1, 0.15) is 43.4 Å². The SMILES string of the molecule is CC(F)(F)c1ccc(C2CC(F)(F)CN2c2ncnc(NCC3CCOCC3)c2F)cc1. The third-order valence-corrected chi connectivity index (χ3v) is 6.01. The normalized spacial score (nSPS) is 21.7. The summed E-state index contributed by atoms with van der Waals surface area (Å²) in [6, 6.07) is 4.28. The second-order valence-corrected chi connectivity index (χ2v) is 8.51. The van der Waals surface area contributed by atoms with Crippen molar-refractivity contribution in [3.8, 4) is 0 Å². The lowest BCUT2D eigenvalue weighted by atomic mass is 10.00. The molecular weight excluding hydrogens is 431 g/mol. The van der Waals surface area contributed by atoms with E-state index in [2.05, 4.69) is 15.3 Å². The number of nitrogens with zero attached hydrogens (tertiary/aromatic N) is 3. The second kappa shape index (κ2) is 8.80. The summed E-state index contributed by atoms with van der Waals surface area (Å²) in [5.74, 6) is -6.90. The minimum atomic E-state index is -3.08. The molecule has 0 radical (unpaired) electrons. The lowest BCUT2D eigenvalue weighted by molar-refractivity contribution is 0.0171. The number of benzene rings is 1. The molecule has 1 aromatic carbocycles. The van der Waals surface area contributed by atoms with Crippen LogP contribution in [0, 0.1) is 11.7 Å². The summed E-state index contributed by atoms with van der Waals surface area (Å²) in [5, 5.41) is 2.97. The predicted molar refractivity (Wildman–Crippen MR) is 110 cm³/mol. The summed E-state index contributed by atoms with van der Waals surface area (Å²) in [7, 11) is 0. The number of ether oxygens (including phenoxy) is 1. The number of anilines is 2. The lowest BCUT2D eigenvalue weighted by Gasteiger charge is -2.27. The molecule has 2 aromatic rings. The van der Waals surface area contributed by atoms with Crippen LogP contribution in [-0.2, 0) is 10.7 Å². The van der Waals surface area contributed by atoms with Gasteiger partial charge in [-0.15, -0.1) is 0 Å². The quantitative estimate of drug-likeness (QED) is 0.609. The fourth-order valence-corrected chi connectivity index (χ4v) is 4.21. The molecule has 2 saturated heterocycles. The Morgan fingerprint density at radius 2 is 1.84 bits per heavy atom. The zero-order chi connectivity index (χ0) is 22.9. The molecule has 3 heterocycles. The van der Waals surface area contributed by atoms with Crippen molar-refractivity contribution in [1.29, 1.82) is 0 Å². The zero-order valence-corrected chi connectivity index (χ0v) is 17.6. The standard InChI is InChI=1S/C22H25F5N4O/c1-21(24,25)16-4-2-15(3-5-16)17-10-22(26,27)12-31(17)20-18(23)19(29-13-30-20)28-11-14-6-8-32-9-7-14/h2-5,13-14,17H,6-12H2,1H3,(H,28,29,30). The Hall–Kier alpha value is -2.49. The van der Waals surface area contributed by atoms with Crippen molar-refractivity contribution in [2.24, 2.45) is 5.92 Å². The number of aromatic nitrogens is 2. The van der Waals surface area contributed by atoms with Gasteiger partial charge >= 0.3 is 0 Å². The molecule has 1 atom stereocenters. The Labute approximate surface area is 183 Å². The number of halogens is 5. The van der Waals surface area contributed by atoms with Crippen LogP contribution in [0.3, 0.4) is 0 Å². The first kappa shape index (κ1) is 22.7. The van der Waals surface area contributed by atoms with Crippen LogP contribution in [0.15, 0.2) is 30.6 Å². The topological polar surface area (TPSA) is 50.3 Å². The summed E-state index contributed by atoms with van der Waals surface area (Å²) in [6.07, 6.45) is 2.27. The van der Waals surface area contributed by atoms with Crippen LogP contribution >= 0.6 is 0 Å². The molecule has 32 heavy (non-hydrogen) atoms. The van der Waals surface area contributed by atoms with E-state index in [-0.39, 0.29) is 17.2 Å². The fraction of sp³-hybridized carbons (Fsp3) is 0.545. The van der Waals surface area contributed by atoms with Crippen molar-refractivity contribution in [2.75, 3.05) is 36.5 Å². The van der Waals surface area contributed by atoms with Crippen molar-refractivity contribution < 1.29 is 26.7 Å². The molecule has 0 aliphatic carbocycles. The smallest absolute Gasteiger partial charge is 0.270 e. The Balaban J connectivity index is 1.57. The number of hydrogen-bond donors (Lipinski definition) is 1. The van der Waals surface area contributed by atoms with Gasteiger partial charge in [0.25, 0.3) is 11.8 Å². The van der Waals surface area contributed by atoms with Gasteiger partial charge in [-0.3, -0.25) is 0 Å². The second-order valence-electron chi connectivity index (χ2n) is 8.51. The number of nitrogens with one attached hydrogen (secondary N) is 1. The number of rotatable bonds is 6. The van der Waals surface area contributed by atoms with Gasteiger partial charge in [0, 0.05) is 38.7 Å². The minimum absolute atomic E-state index is 0.0450. The van der Waals surface area contributed by atoms with Gasteiger partial charge in [-0.2, -0.15) is 4.39 Å². The molecule has 0 spiro atoms. The summed E-state index contributed by atoms with van der Waals surface area (Å²) in [6.45, 7) is 1.83. The number of hydrogen-bond acceptors (Lipinski definition) is 5. The van der Waals surface area contributed by atoms with E-state index < -0.39 is 36.7 Å². The van der Waals surface area contributed by atoms with Crippen molar-refractivity contribution in [3.05, 3.63) is 47.5 Å². The van der Waals surface area contributed by atoms with Crippen LogP contribution in [0.2, 0.25) is 0 Å². The number of alkyl halides is 4. The van der Waals surface area contributed by atoms with E-state index in [1.807, 2.05) is 0 Å². The van der Waals surface area contributed by atoms with Crippen LogP contribution < -0.4 is 10.2 Å². The van der Waals surface area contributed by atoms with Gasteiger partial charge in [0.2, 0.25) is 5.82 Å². The van der Waals surface area contributed by atoms with Crippen LogP contribution in [0.5, 0.6) is 0 Å².